The SMILES string of the molecule is BP(Cc1cc(Cl)ccc1Br)(c1ccccc1)(c1ccccc1)c1ccccc1. The normalized spacial score (nSPS) is 12.8. The van der Waals surface area contributed by atoms with Crippen LogP contribution in [0, 0.1) is 0 Å². The molecule has 0 heterocycles. The molecule has 0 spiro atoms. The summed E-state index contributed by atoms with van der Waals surface area (Å²) in [5, 5.41) is 4.90. The van der Waals surface area contributed by atoms with Crippen molar-refractivity contribution in [3.63, 3.8) is 0 Å². The molecule has 0 aliphatic heterocycles. The molecule has 4 aromatic rings. The first kappa shape index (κ1) is 20.4. The van der Waals surface area contributed by atoms with Crippen LogP contribution in [-0.2, 0) is 6.16 Å². The molecule has 4 rings (SSSR count). The number of hydrogen-bond acceptors (Lipinski definition) is 0. The van der Waals surface area contributed by atoms with Gasteiger partial charge in [-0.15, -0.1) is 0 Å². The Morgan fingerprint density at radius 2 is 1.07 bits per heavy atom. The van der Waals surface area contributed by atoms with E-state index < -0.39 is 6.48 Å². The molecule has 144 valence electrons. The second kappa shape index (κ2) is 8.11. The van der Waals surface area contributed by atoms with Gasteiger partial charge in [0.2, 0.25) is 0 Å². The van der Waals surface area contributed by atoms with E-state index in [0.29, 0.717) is 0 Å². The molecule has 0 nitrogen and oxygen atoms in total. The quantitative estimate of drug-likeness (QED) is 0.255. The van der Waals surface area contributed by atoms with Crippen LogP contribution in [0.5, 0.6) is 0 Å². The Balaban J connectivity index is 2.11. The molecule has 0 amide bonds. The van der Waals surface area contributed by atoms with E-state index >= 15 is 0 Å². The van der Waals surface area contributed by atoms with Crippen LogP contribution in [0.25, 0.3) is 0 Å². The zero-order chi connectivity index (χ0) is 20.3. The van der Waals surface area contributed by atoms with Crippen molar-refractivity contribution in [3.8, 4) is 0 Å². The van der Waals surface area contributed by atoms with Crippen LogP contribution in [0.15, 0.2) is 114 Å². The third kappa shape index (κ3) is 3.59. The summed E-state index contributed by atoms with van der Waals surface area (Å²) in [5.74, 6) is 0. The first-order chi connectivity index (χ1) is 14.0. The molecule has 0 saturated heterocycles. The van der Waals surface area contributed by atoms with Gasteiger partial charge in [-0.1, -0.05) is 0 Å². The van der Waals surface area contributed by atoms with Gasteiger partial charge in [-0.3, -0.25) is 0 Å². The Bertz CT molecular complexity index is 1020. The third-order valence-corrected chi connectivity index (χ3v) is 13.2. The van der Waals surface area contributed by atoms with Gasteiger partial charge in [0.25, 0.3) is 0 Å². The number of benzene rings is 4. The van der Waals surface area contributed by atoms with E-state index in [1.54, 1.807) is 0 Å². The first-order valence-electron chi connectivity index (χ1n) is 9.64. The Kier molecular flexibility index (Phi) is 5.71. The zero-order valence-corrected chi connectivity index (χ0v) is 19.5. The molecular formula is C25H22BBrClP. The number of hydrogen-bond donors (Lipinski definition) is 0. The third-order valence-electron chi connectivity index (χ3n) is 5.94. The van der Waals surface area contributed by atoms with Crippen LogP contribution >= 0.6 is 34.0 Å². The summed E-state index contributed by atoms with van der Waals surface area (Å²) in [6, 6.07) is 39.0. The predicted molar refractivity (Wildman–Crippen MR) is 137 cm³/mol. The molecular weight excluding hydrogens is 457 g/mol. The van der Waals surface area contributed by atoms with Gasteiger partial charge in [0.15, 0.2) is 0 Å². The molecule has 0 fully saturated rings. The van der Waals surface area contributed by atoms with Gasteiger partial charge in [-0.05, 0) is 0 Å². The monoisotopic (exact) mass is 478 g/mol. The average Bonchev–Trinajstić information content (AvgIpc) is 2.78. The van der Waals surface area contributed by atoms with E-state index in [2.05, 4.69) is 127 Å². The van der Waals surface area contributed by atoms with E-state index in [0.717, 1.165) is 15.7 Å². The number of rotatable bonds is 5. The van der Waals surface area contributed by atoms with E-state index in [1.165, 1.54) is 21.5 Å². The molecule has 0 aliphatic carbocycles. The van der Waals surface area contributed by atoms with E-state index in [4.69, 9.17) is 11.6 Å². The van der Waals surface area contributed by atoms with Crippen LogP contribution in [0.2, 0.25) is 5.02 Å². The van der Waals surface area contributed by atoms with Crippen LogP contribution in [0.1, 0.15) is 5.56 Å². The average molecular weight is 480 g/mol. The molecule has 0 N–H and O–H groups in total. The fourth-order valence-electron chi connectivity index (χ4n) is 4.31. The number of halogens is 2. The van der Waals surface area contributed by atoms with Gasteiger partial charge in [0, 0.05) is 0 Å². The molecule has 4 aromatic carbocycles. The zero-order valence-electron chi connectivity index (χ0n) is 16.3. The topological polar surface area (TPSA) is 0 Å². The van der Waals surface area contributed by atoms with Gasteiger partial charge < -0.3 is 0 Å². The van der Waals surface area contributed by atoms with Crippen LogP contribution < -0.4 is 15.9 Å². The second-order valence-corrected chi connectivity index (χ2v) is 14.4. The molecule has 4 heteroatoms. The van der Waals surface area contributed by atoms with Crippen molar-refractivity contribution in [2.75, 3.05) is 0 Å². The Morgan fingerprint density at radius 1 is 0.655 bits per heavy atom. The van der Waals surface area contributed by atoms with E-state index in [9.17, 15) is 0 Å². The summed E-state index contributed by atoms with van der Waals surface area (Å²) >= 11 is 10.2. The van der Waals surface area contributed by atoms with E-state index in [-0.39, 0.29) is 0 Å². The maximum atomic E-state index is 6.42. The van der Waals surface area contributed by atoms with Crippen LogP contribution in [0.3, 0.4) is 0 Å². The van der Waals surface area contributed by atoms with Crippen molar-refractivity contribution >= 4 is 57.5 Å². The fourth-order valence-corrected chi connectivity index (χ4v) is 10.6. The standard InChI is InChI=1S/C25H22BBrClP/c26-29(22-10-4-1-5-11-22,23-12-6-2-7-13-23,24-14-8-3-9-15-24)19-20-18-21(28)16-17-25(20)27/h1-18H,19,26H2. The van der Waals surface area contributed by atoms with Crippen molar-refractivity contribution in [3.05, 3.63) is 124 Å². The molecule has 0 aliphatic rings. The van der Waals surface area contributed by atoms with Gasteiger partial charge >= 0.3 is 188 Å². The molecule has 0 saturated carbocycles. The second-order valence-electron chi connectivity index (χ2n) is 7.70. The van der Waals surface area contributed by atoms with Crippen molar-refractivity contribution in [1.29, 1.82) is 0 Å². The summed E-state index contributed by atoms with van der Waals surface area (Å²) in [6.45, 7) is -2.83. The fraction of sp³-hybridized carbons (Fsp3) is 0.0400. The van der Waals surface area contributed by atoms with E-state index in [1.807, 2.05) is 6.07 Å². The van der Waals surface area contributed by atoms with Crippen molar-refractivity contribution in [2.45, 2.75) is 6.16 Å². The summed E-state index contributed by atoms with van der Waals surface area (Å²) in [7, 11) is 2.49. The molecule has 29 heavy (non-hydrogen) atoms. The molecule has 0 bridgehead atoms. The van der Waals surface area contributed by atoms with Gasteiger partial charge in [0.1, 0.15) is 0 Å². The minimum atomic E-state index is -2.83. The Hall–Kier alpha value is -1.86. The van der Waals surface area contributed by atoms with Crippen molar-refractivity contribution in [2.24, 2.45) is 0 Å². The maximum absolute atomic E-state index is 6.42. The summed E-state index contributed by atoms with van der Waals surface area (Å²) < 4.78 is 1.10. The van der Waals surface area contributed by atoms with Crippen molar-refractivity contribution < 1.29 is 0 Å². The minimum absolute atomic E-state index is 0.766. The van der Waals surface area contributed by atoms with Crippen molar-refractivity contribution in [1.82, 2.24) is 0 Å². The van der Waals surface area contributed by atoms with Gasteiger partial charge in [-0.2, -0.15) is 0 Å². The molecule has 0 unspecified atom stereocenters. The molecule has 0 aromatic heterocycles. The first-order valence-corrected chi connectivity index (χ1v) is 13.7. The molecule has 0 radical (unpaired) electrons. The summed E-state index contributed by atoms with van der Waals surface area (Å²) in [6.07, 6.45) is 0.894. The molecule has 0 atom stereocenters. The van der Waals surface area contributed by atoms with Gasteiger partial charge in [0.05, 0.1) is 0 Å². The van der Waals surface area contributed by atoms with Crippen LogP contribution in [-0.4, -0.2) is 7.57 Å². The van der Waals surface area contributed by atoms with Crippen LogP contribution in [0.4, 0.5) is 0 Å². The Morgan fingerprint density at radius 3 is 1.48 bits per heavy atom. The summed E-state index contributed by atoms with van der Waals surface area (Å²) in [4.78, 5) is 0. The Labute approximate surface area is 187 Å². The van der Waals surface area contributed by atoms with Gasteiger partial charge in [-0.25, -0.2) is 0 Å². The predicted octanol–water partition coefficient (Wildman–Crippen LogP) is 5.68. The summed E-state index contributed by atoms with van der Waals surface area (Å²) in [5.41, 5.74) is 1.23.